The zero-order chi connectivity index (χ0) is 19.1. The van der Waals surface area contributed by atoms with Gasteiger partial charge in [0.1, 0.15) is 11.6 Å². The Morgan fingerprint density at radius 1 is 1.15 bits per heavy atom. The number of carbonyl (C=O) groups is 1. The van der Waals surface area contributed by atoms with Crippen molar-refractivity contribution in [3.63, 3.8) is 0 Å². The fourth-order valence-electron chi connectivity index (χ4n) is 2.52. The highest BCUT2D eigenvalue weighted by atomic mass is 32.2. The van der Waals surface area contributed by atoms with Crippen molar-refractivity contribution in [1.29, 1.82) is 5.26 Å². The molecule has 0 N–H and O–H groups in total. The van der Waals surface area contributed by atoms with Crippen molar-refractivity contribution in [1.82, 2.24) is 0 Å². The molecule has 0 amide bonds. The normalized spacial score (nSPS) is 11.1. The van der Waals surface area contributed by atoms with E-state index in [1.807, 2.05) is 13.0 Å². The van der Waals surface area contributed by atoms with Gasteiger partial charge >= 0.3 is 5.97 Å². The van der Waals surface area contributed by atoms with Crippen LogP contribution in [-0.4, -0.2) is 12.6 Å². The van der Waals surface area contributed by atoms with Gasteiger partial charge in [0.2, 0.25) is 0 Å². The van der Waals surface area contributed by atoms with Crippen LogP contribution in [0.5, 0.6) is 0 Å². The van der Waals surface area contributed by atoms with E-state index in [0.29, 0.717) is 0 Å². The van der Waals surface area contributed by atoms with E-state index < -0.39 is 5.97 Å². The second-order valence-corrected chi connectivity index (χ2v) is 7.18. The lowest BCUT2D eigenvalue weighted by molar-refractivity contribution is -0.137. The number of hydrogen-bond acceptors (Lipinski definition) is 4. The van der Waals surface area contributed by atoms with Crippen molar-refractivity contribution >= 4 is 23.8 Å². The van der Waals surface area contributed by atoms with E-state index in [1.54, 1.807) is 24.8 Å². The molecule has 2 aromatic rings. The first-order valence-corrected chi connectivity index (χ1v) is 9.51. The summed E-state index contributed by atoms with van der Waals surface area (Å²) in [6, 6.07) is 14.6. The highest BCUT2D eigenvalue weighted by Crippen LogP contribution is 2.27. The van der Waals surface area contributed by atoms with E-state index in [9.17, 15) is 10.1 Å². The van der Waals surface area contributed by atoms with Crippen molar-refractivity contribution < 1.29 is 9.53 Å². The third-order valence-corrected chi connectivity index (χ3v) is 5.12. The molecule has 3 nitrogen and oxygen atoms in total. The summed E-state index contributed by atoms with van der Waals surface area (Å²) in [5.74, 6) is 0.252. The lowest BCUT2D eigenvalue weighted by atomic mass is 9.99. The number of nitrogens with zero attached hydrogens (tertiary/aromatic N) is 1. The van der Waals surface area contributed by atoms with Crippen molar-refractivity contribution in [3.05, 3.63) is 69.8 Å². The van der Waals surface area contributed by atoms with Crippen LogP contribution < -0.4 is 0 Å². The SMILES string of the molecule is CCOC(=O)/C(C#N)=C/c1cc(CSc2ccc(C)cc2)c(C)cc1C. The topological polar surface area (TPSA) is 50.1 Å². The number of thioether (sulfide) groups is 1. The highest BCUT2D eigenvalue weighted by molar-refractivity contribution is 7.98. The molecular formula is C22H23NO2S. The standard InChI is InChI=1S/C22H23NO2S/c1-5-25-22(24)19(13-23)11-18-12-20(17(4)10-16(18)3)14-26-21-8-6-15(2)7-9-21/h6-12H,5,14H2,1-4H3/b19-11+. The van der Waals surface area contributed by atoms with Crippen LogP contribution in [0.15, 0.2) is 46.9 Å². The second-order valence-electron chi connectivity index (χ2n) is 6.13. The van der Waals surface area contributed by atoms with Gasteiger partial charge in [-0.2, -0.15) is 5.26 Å². The van der Waals surface area contributed by atoms with Crippen LogP contribution in [0.3, 0.4) is 0 Å². The van der Waals surface area contributed by atoms with Gasteiger partial charge in [0.25, 0.3) is 0 Å². The van der Waals surface area contributed by atoms with Gasteiger partial charge in [-0.05, 0) is 68.2 Å². The van der Waals surface area contributed by atoms with Gasteiger partial charge in [-0.25, -0.2) is 4.79 Å². The summed E-state index contributed by atoms with van der Waals surface area (Å²) >= 11 is 1.77. The lowest BCUT2D eigenvalue weighted by Gasteiger charge is -2.11. The third kappa shape index (κ3) is 5.24. The van der Waals surface area contributed by atoms with Gasteiger partial charge in [0.05, 0.1) is 6.61 Å². The van der Waals surface area contributed by atoms with Gasteiger partial charge in [0, 0.05) is 10.6 Å². The molecule has 0 saturated heterocycles. The number of nitriles is 1. The fraction of sp³-hybridized carbons (Fsp3) is 0.273. The van der Waals surface area contributed by atoms with Gasteiger partial charge < -0.3 is 4.74 Å². The van der Waals surface area contributed by atoms with Crippen LogP contribution in [0.2, 0.25) is 0 Å². The Morgan fingerprint density at radius 2 is 1.85 bits per heavy atom. The summed E-state index contributed by atoms with van der Waals surface area (Å²) < 4.78 is 4.94. The minimum absolute atomic E-state index is 0.0240. The first-order chi connectivity index (χ1) is 12.4. The Bertz CT molecular complexity index is 861. The Kier molecular flexibility index (Phi) is 7.06. The maximum Gasteiger partial charge on any atom is 0.348 e. The zero-order valence-corrected chi connectivity index (χ0v) is 16.4. The van der Waals surface area contributed by atoms with E-state index >= 15 is 0 Å². The largest absolute Gasteiger partial charge is 0.462 e. The molecular weight excluding hydrogens is 342 g/mol. The number of rotatable bonds is 6. The maximum absolute atomic E-state index is 11.9. The van der Waals surface area contributed by atoms with Crippen molar-refractivity contribution in [2.75, 3.05) is 6.61 Å². The Labute approximate surface area is 159 Å². The van der Waals surface area contributed by atoms with Crippen molar-refractivity contribution in [2.45, 2.75) is 38.3 Å². The molecule has 2 rings (SSSR count). The zero-order valence-electron chi connectivity index (χ0n) is 15.6. The minimum Gasteiger partial charge on any atom is -0.462 e. The molecule has 0 radical (unpaired) electrons. The molecule has 0 saturated carbocycles. The number of esters is 1. The average Bonchev–Trinajstić information content (AvgIpc) is 2.61. The van der Waals surface area contributed by atoms with Crippen molar-refractivity contribution in [3.8, 4) is 6.07 Å². The Balaban J connectivity index is 2.26. The molecule has 2 aromatic carbocycles. The number of carbonyl (C=O) groups excluding carboxylic acids is 1. The molecule has 134 valence electrons. The van der Waals surface area contributed by atoms with Crippen LogP contribution in [0, 0.1) is 32.1 Å². The minimum atomic E-state index is -0.578. The number of hydrogen-bond donors (Lipinski definition) is 0. The smallest absolute Gasteiger partial charge is 0.348 e. The lowest BCUT2D eigenvalue weighted by Crippen LogP contribution is -2.06. The number of aryl methyl sites for hydroxylation is 3. The molecule has 0 aromatic heterocycles. The van der Waals surface area contributed by atoms with E-state index in [1.165, 1.54) is 21.6 Å². The molecule has 0 aliphatic carbocycles. The van der Waals surface area contributed by atoms with E-state index in [4.69, 9.17) is 4.74 Å². The molecule has 0 aliphatic rings. The van der Waals surface area contributed by atoms with E-state index in [0.717, 1.165) is 16.9 Å². The van der Waals surface area contributed by atoms with Crippen LogP contribution >= 0.6 is 11.8 Å². The monoisotopic (exact) mass is 365 g/mol. The first kappa shape index (κ1) is 19.8. The summed E-state index contributed by atoms with van der Waals surface area (Å²) in [7, 11) is 0. The molecule has 0 heterocycles. The molecule has 26 heavy (non-hydrogen) atoms. The molecule has 0 atom stereocenters. The second kappa shape index (κ2) is 9.26. The van der Waals surface area contributed by atoms with Crippen LogP contribution in [0.1, 0.15) is 34.7 Å². The molecule has 0 spiro atoms. The summed E-state index contributed by atoms with van der Waals surface area (Å²) in [5, 5.41) is 9.25. The number of benzene rings is 2. The summed E-state index contributed by atoms with van der Waals surface area (Å²) in [6.45, 7) is 8.12. The third-order valence-electron chi connectivity index (χ3n) is 4.06. The summed E-state index contributed by atoms with van der Waals surface area (Å²) in [5.41, 5.74) is 5.57. The first-order valence-electron chi connectivity index (χ1n) is 8.53. The van der Waals surface area contributed by atoms with Crippen molar-refractivity contribution in [2.24, 2.45) is 0 Å². The van der Waals surface area contributed by atoms with E-state index in [2.05, 4.69) is 50.2 Å². The predicted octanol–water partition coefficient (Wildman–Crippen LogP) is 5.37. The Morgan fingerprint density at radius 3 is 2.46 bits per heavy atom. The Hall–Kier alpha value is -2.51. The van der Waals surface area contributed by atoms with Gasteiger partial charge in [-0.1, -0.05) is 29.8 Å². The van der Waals surface area contributed by atoms with Gasteiger partial charge in [-0.15, -0.1) is 11.8 Å². The van der Waals surface area contributed by atoms with E-state index in [-0.39, 0.29) is 12.2 Å². The molecule has 0 bridgehead atoms. The summed E-state index contributed by atoms with van der Waals surface area (Å²) in [6.07, 6.45) is 1.62. The summed E-state index contributed by atoms with van der Waals surface area (Å²) in [4.78, 5) is 13.1. The average molecular weight is 365 g/mol. The molecule has 0 unspecified atom stereocenters. The van der Waals surface area contributed by atoms with Gasteiger partial charge in [0.15, 0.2) is 0 Å². The fourth-order valence-corrected chi connectivity index (χ4v) is 3.49. The predicted molar refractivity (Wildman–Crippen MR) is 107 cm³/mol. The molecule has 0 fully saturated rings. The van der Waals surface area contributed by atoms with Crippen LogP contribution in [0.25, 0.3) is 6.08 Å². The quantitative estimate of drug-likeness (QED) is 0.299. The van der Waals surface area contributed by atoms with Crippen LogP contribution in [-0.2, 0) is 15.3 Å². The maximum atomic E-state index is 11.9. The van der Waals surface area contributed by atoms with Gasteiger partial charge in [-0.3, -0.25) is 0 Å². The van der Waals surface area contributed by atoms with Crippen LogP contribution in [0.4, 0.5) is 0 Å². The number of ether oxygens (including phenoxy) is 1. The molecule has 0 aliphatic heterocycles. The highest BCUT2D eigenvalue weighted by Gasteiger charge is 2.12. The molecule has 4 heteroatoms.